The van der Waals surface area contributed by atoms with Crippen molar-refractivity contribution in [3.8, 4) is 0 Å². The molecule has 3 saturated heterocycles. The Morgan fingerprint density at radius 2 is 1.48 bits per heavy atom. The highest BCUT2D eigenvalue weighted by Crippen LogP contribution is 2.29. The summed E-state index contributed by atoms with van der Waals surface area (Å²) in [5, 5.41) is 3.36. The largest absolute Gasteiger partial charge is 0.335 e. The van der Waals surface area contributed by atoms with Gasteiger partial charge in [-0.2, -0.15) is 0 Å². The summed E-state index contributed by atoms with van der Waals surface area (Å²) in [6, 6.07) is 2.64. The van der Waals surface area contributed by atoms with E-state index in [2.05, 4.69) is 27.1 Å². The highest BCUT2D eigenvalue weighted by Gasteiger charge is 2.36. The Hall–Kier alpha value is -0.810. The highest BCUT2D eigenvalue weighted by molar-refractivity contribution is 5.74. The molecular weight excluding hydrogens is 312 g/mol. The number of amides is 2. The van der Waals surface area contributed by atoms with Crippen LogP contribution < -0.4 is 5.32 Å². The average molecular weight is 349 g/mol. The van der Waals surface area contributed by atoms with Crippen molar-refractivity contribution in [2.45, 2.75) is 88.4 Å². The van der Waals surface area contributed by atoms with Crippen molar-refractivity contribution in [1.29, 1.82) is 0 Å². The number of fused-ring (bicyclic) bond motifs is 2. The number of urea groups is 1. The molecule has 3 heterocycles. The molecular formula is C20H36N4O. The van der Waals surface area contributed by atoms with Crippen LogP contribution in [-0.2, 0) is 0 Å². The predicted octanol–water partition coefficient (Wildman–Crippen LogP) is 2.66. The Labute approximate surface area is 153 Å². The van der Waals surface area contributed by atoms with Crippen molar-refractivity contribution in [3.05, 3.63) is 0 Å². The average Bonchev–Trinajstić information content (AvgIpc) is 2.88. The first kappa shape index (κ1) is 17.6. The van der Waals surface area contributed by atoms with Gasteiger partial charge in [-0.1, -0.05) is 6.42 Å². The summed E-state index contributed by atoms with van der Waals surface area (Å²) >= 11 is 0. The molecule has 25 heavy (non-hydrogen) atoms. The standard InChI is InChI=1S/C20H36N4O/c1-22-17-9-10-19(22)15-24(14-11-17)20(25)21-16-5-7-18(8-6-16)23-12-3-2-4-13-23/h16-19H,2-15H2,1H3,(H,21,25)/t16?,17-,18?,19-/m0/s1. The normalized spacial score (nSPS) is 37.7. The molecule has 2 bridgehead atoms. The summed E-state index contributed by atoms with van der Waals surface area (Å²) in [4.78, 5) is 20.1. The number of piperidine rings is 1. The minimum absolute atomic E-state index is 0.197. The van der Waals surface area contributed by atoms with E-state index in [0.29, 0.717) is 18.1 Å². The molecule has 4 fully saturated rings. The van der Waals surface area contributed by atoms with Crippen molar-refractivity contribution < 1.29 is 4.79 Å². The fraction of sp³-hybridized carbons (Fsp3) is 0.950. The molecule has 2 amide bonds. The lowest BCUT2D eigenvalue weighted by Gasteiger charge is -2.39. The third-order valence-electron chi connectivity index (χ3n) is 7.37. The van der Waals surface area contributed by atoms with E-state index in [4.69, 9.17) is 0 Å². The van der Waals surface area contributed by atoms with Crippen LogP contribution in [0.2, 0.25) is 0 Å². The number of nitrogens with zero attached hydrogens (tertiary/aromatic N) is 3. The number of likely N-dealkylation sites (tertiary alicyclic amines) is 2. The minimum Gasteiger partial charge on any atom is -0.335 e. The summed E-state index contributed by atoms with van der Waals surface area (Å²) in [7, 11) is 2.24. The van der Waals surface area contributed by atoms with Crippen molar-refractivity contribution in [1.82, 2.24) is 20.0 Å². The highest BCUT2D eigenvalue weighted by atomic mass is 16.2. The van der Waals surface area contributed by atoms with Crippen LogP contribution in [0, 0.1) is 0 Å². The Morgan fingerprint density at radius 1 is 0.800 bits per heavy atom. The van der Waals surface area contributed by atoms with Crippen molar-refractivity contribution in [3.63, 3.8) is 0 Å². The zero-order valence-corrected chi connectivity index (χ0v) is 16.0. The molecule has 5 nitrogen and oxygen atoms in total. The monoisotopic (exact) mass is 348 g/mol. The van der Waals surface area contributed by atoms with Crippen LogP contribution >= 0.6 is 0 Å². The fourth-order valence-electron chi connectivity index (χ4n) is 5.63. The molecule has 4 aliphatic rings. The Balaban J connectivity index is 1.23. The minimum atomic E-state index is 0.197. The van der Waals surface area contributed by atoms with Gasteiger partial charge in [-0.05, 0) is 77.9 Å². The molecule has 0 aromatic heterocycles. The first-order chi connectivity index (χ1) is 12.2. The zero-order valence-electron chi connectivity index (χ0n) is 16.0. The van der Waals surface area contributed by atoms with E-state index in [1.165, 1.54) is 58.0 Å². The van der Waals surface area contributed by atoms with Crippen LogP contribution in [0.1, 0.15) is 64.2 Å². The summed E-state index contributed by atoms with van der Waals surface area (Å²) in [5.41, 5.74) is 0. The lowest BCUT2D eigenvalue weighted by molar-refractivity contribution is 0.119. The van der Waals surface area contributed by atoms with Gasteiger partial charge in [0.2, 0.25) is 0 Å². The quantitative estimate of drug-likeness (QED) is 0.834. The van der Waals surface area contributed by atoms with Crippen LogP contribution in [0.25, 0.3) is 0 Å². The summed E-state index contributed by atoms with van der Waals surface area (Å²) < 4.78 is 0. The molecule has 0 spiro atoms. The van der Waals surface area contributed by atoms with Crippen LogP contribution in [0.15, 0.2) is 0 Å². The molecule has 2 atom stereocenters. The van der Waals surface area contributed by atoms with E-state index >= 15 is 0 Å². The van der Waals surface area contributed by atoms with E-state index in [0.717, 1.165) is 38.4 Å². The third kappa shape index (κ3) is 3.97. The van der Waals surface area contributed by atoms with E-state index in [1.807, 2.05) is 0 Å². The third-order valence-corrected chi connectivity index (χ3v) is 7.37. The first-order valence-electron chi connectivity index (χ1n) is 10.7. The second kappa shape index (κ2) is 7.83. The second-order valence-corrected chi connectivity index (χ2v) is 8.84. The number of hydrogen-bond acceptors (Lipinski definition) is 3. The molecule has 0 unspecified atom stereocenters. The van der Waals surface area contributed by atoms with E-state index in [-0.39, 0.29) is 6.03 Å². The topological polar surface area (TPSA) is 38.8 Å². The van der Waals surface area contributed by atoms with Crippen LogP contribution in [0.4, 0.5) is 4.79 Å². The van der Waals surface area contributed by atoms with Crippen LogP contribution in [-0.4, -0.2) is 78.1 Å². The molecule has 0 aromatic carbocycles. The lowest BCUT2D eigenvalue weighted by Crippen LogP contribution is -2.50. The second-order valence-electron chi connectivity index (χ2n) is 8.84. The number of carbonyl (C=O) groups excluding carboxylic acids is 1. The fourth-order valence-corrected chi connectivity index (χ4v) is 5.63. The van der Waals surface area contributed by atoms with E-state index in [9.17, 15) is 4.79 Å². The molecule has 0 radical (unpaired) electrons. The number of rotatable bonds is 2. The smallest absolute Gasteiger partial charge is 0.317 e. The van der Waals surface area contributed by atoms with E-state index < -0.39 is 0 Å². The SMILES string of the molecule is CN1[C@H]2CC[C@H]1CN(C(=O)NC1CCC(N3CCCCC3)CC1)CC2. The Morgan fingerprint density at radius 3 is 2.24 bits per heavy atom. The molecule has 1 N–H and O–H groups in total. The van der Waals surface area contributed by atoms with Gasteiger partial charge in [-0.15, -0.1) is 0 Å². The molecule has 1 saturated carbocycles. The van der Waals surface area contributed by atoms with Gasteiger partial charge in [0.1, 0.15) is 0 Å². The van der Waals surface area contributed by atoms with Crippen molar-refractivity contribution in [2.75, 3.05) is 33.2 Å². The zero-order chi connectivity index (χ0) is 17.2. The maximum Gasteiger partial charge on any atom is 0.317 e. The van der Waals surface area contributed by atoms with Crippen molar-refractivity contribution in [2.24, 2.45) is 0 Å². The Kier molecular flexibility index (Phi) is 5.51. The maximum atomic E-state index is 12.8. The van der Waals surface area contributed by atoms with Crippen molar-refractivity contribution >= 4 is 6.03 Å². The molecule has 5 heteroatoms. The lowest BCUT2D eigenvalue weighted by atomic mass is 9.89. The number of likely N-dealkylation sites (N-methyl/N-ethyl adjacent to an activating group) is 1. The molecule has 3 aliphatic heterocycles. The molecule has 0 aromatic rings. The van der Waals surface area contributed by atoms with Gasteiger partial charge < -0.3 is 15.1 Å². The Bertz CT molecular complexity index is 457. The van der Waals surface area contributed by atoms with Gasteiger partial charge in [0.25, 0.3) is 0 Å². The van der Waals surface area contributed by atoms with E-state index in [1.54, 1.807) is 0 Å². The summed E-state index contributed by atoms with van der Waals surface area (Å²) in [5.74, 6) is 0. The maximum absolute atomic E-state index is 12.8. The molecule has 1 aliphatic carbocycles. The van der Waals surface area contributed by atoms with Gasteiger partial charge in [0, 0.05) is 37.3 Å². The van der Waals surface area contributed by atoms with Gasteiger partial charge >= 0.3 is 6.03 Å². The predicted molar refractivity (Wildman–Crippen MR) is 101 cm³/mol. The summed E-state index contributed by atoms with van der Waals surface area (Å²) in [6.45, 7) is 4.44. The van der Waals surface area contributed by atoms with Gasteiger partial charge in [0.05, 0.1) is 0 Å². The van der Waals surface area contributed by atoms with Crippen LogP contribution in [0.3, 0.4) is 0 Å². The number of carbonyl (C=O) groups is 1. The van der Waals surface area contributed by atoms with Gasteiger partial charge in [-0.25, -0.2) is 4.79 Å². The summed E-state index contributed by atoms with van der Waals surface area (Å²) in [6.07, 6.45) is 12.7. The number of nitrogens with one attached hydrogen (secondary N) is 1. The first-order valence-corrected chi connectivity index (χ1v) is 10.7. The van der Waals surface area contributed by atoms with Gasteiger partial charge in [0.15, 0.2) is 0 Å². The molecule has 142 valence electrons. The van der Waals surface area contributed by atoms with Gasteiger partial charge in [-0.3, -0.25) is 4.90 Å². The number of hydrogen-bond donors (Lipinski definition) is 1. The van der Waals surface area contributed by atoms with Crippen LogP contribution in [0.5, 0.6) is 0 Å². The molecule has 4 rings (SSSR count).